The van der Waals surface area contributed by atoms with E-state index >= 15 is 0 Å². The molecule has 2 unspecified atom stereocenters. The van der Waals surface area contributed by atoms with E-state index in [9.17, 15) is 4.79 Å². The van der Waals surface area contributed by atoms with Crippen LogP contribution in [0.1, 0.15) is 20.3 Å². The quantitative estimate of drug-likeness (QED) is 0.573. The van der Waals surface area contributed by atoms with Gasteiger partial charge in [-0.1, -0.05) is 18.7 Å². The van der Waals surface area contributed by atoms with Crippen molar-refractivity contribution in [2.45, 2.75) is 26.3 Å². The molecule has 2 nitrogen and oxygen atoms in total. The van der Waals surface area contributed by atoms with Crippen molar-refractivity contribution < 1.29 is 4.79 Å². The van der Waals surface area contributed by atoms with E-state index in [-0.39, 0.29) is 11.8 Å². The van der Waals surface area contributed by atoms with Gasteiger partial charge in [-0.05, 0) is 26.5 Å². The van der Waals surface area contributed by atoms with Crippen molar-refractivity contribution in [3.8, 4) is 0 Å². The van der Waals surface area contributed by atoms with E-state index in [2.05, 4.69) is 6.58 Å². The van der Waals surface area contributed by atoms with Crippen LogP contribution in [-0.4, -0.2) is 16.8 Å². The normalized spacial score (nSPS) is 30.2. The lowest BCUT2D eigenvalue weighted by molar-refractivity contribution is -0.128. The summed E-state index contributed by atoms with van der Waals surface area (Å²) < 4.78 is 0. The lowest BCUT2D eigenvalue weighted by atomic mass is 10.1. The molecular formula is C10H15NO. The minimum atomic E-state index is 0.0722. The molecule has 0 spiro atoms. The van der Waals surface area contributed by atoms with Crippen molar-refractivity contribution in [2.24, 2.45) is 5.92 Å². The van der Waals surface area contributed by atoms with E-state index in [1.54, 1.807) is 11.1 Å². The summed E-state index contributed by atoms with van der Waals surface area (Å²) in [6, 6.07) is 0.302. The van der Waals surface area contributed by atoms with Crippen LogP contribution in [0.2, 0.25) is 0 Å². The van der Waals surface area contributed by atoms with Gasteiger partial charge < -0.3 is 4.90 Å². The van der Waals surface area contributed by atoms with Gasteiger partial charge >= 0.3 is 0 Å². The average molecular weight is 165 g/mol. The van der Waals surface area contributed by atoms with Crippen LogP contribution in [0.25, 0.3) is 0 Å². The number of amides is 1. The van der Waals surface area contributed by atoms with Crippen molar-refractivity contribution in [3.05, 3.63) is 24.9 Å². The molecule has 0 bridgehead atoms. The molecular weight excluding hydrogens is 150 g/mol. The Hall–Kier alpha value is -1.05. The number of allylic oxidation sites excluding steroid dienone is 1. The number of rotatable bonds is 2. The molecule has 1 saturated heterocycles. The molecule has 0 aromatic carbocycles. The SMILES string of the molecule is C=CN1C(=O)C(/C=C\C)CC1C. The first-order valence-corrected chi connectivity index (χ1v) is 4.28. The fourth-order valence-electron chi connectivity index (χ4n) is 1.65. The molecule has 1 aliphatic heterocycles. The Kier molecular flexibility index (Phi) is 2.69. The van der Waals surface area contributed by atoms with Gasteiger partial charge in [-0.3, -0.25) is 4.79 Å². The molecule has 0 aliphatic carbocycles. The van der Waals surface area contributed by atoms with Crippen LogP contribution in [0.15, 0.2) is 24.9 Å². The van der Waals surface area contributed by atoms with Crippen molar-refractivity contribution in [2.75, 3.05) is 0 Å². The summed E-state index contributed by atoms with van der Waals surface area (Å²) in [5.74, 6) is 0.249. The Morgan fingerprint density at radius 2 is 2.33 bits per heavy atom. The van der Waals surface area contributed by atoms with Gasteiger partial charge in [-0.2, -0.15) is 0 Å². The summed E-state index contributed by atoms with van der Waals surface area (Å²) in [6.45, 7) is 7.60. The topological polar surface area (TPSA) is 20.3 Å². The van der Waals surface area contributed by atoms with E-state index in [4.69, 9.17) is 0 Å². The van der Waals surface area contributed by atoms with Crippen LogP contribution < -0.4 is 0 Å². The zero-order chi connectivity index (χ0) is 9.14. The second-order valence-electron chi connectivity index (χ2n) is 3.15. The third-order valence-corrected chi connectivity index (χ3v) is 2.26. The predicted octanol–water partition coefficient (Wildman–Crippen LogP) is 1.94. The van der Waals surface area contributed by atoms with Gasteiger partial charge in [0.05, 0.1) is 5.92 Å². The van der Waals surface area contributed by atoms with Crippen LogP contribution in [0.5, 0.6) is 0 Å². The summed E-state index contributed by atoms with van der Waals surface area (Å²) >= 11 is 0. The van der Waals surface area contributed by atoms with Crippen LogP contribution in [0.3, 0.4) is 0 Å². The highest BCUT2D eigenvalue weighted by Crippen LogP contribution is 2.25. The number of carbonyl (C=O) groups is 1. The standard InChI is InChI=1S/C10H15NO/c1-4-6-9-7-8(3)11(5-2)10(9)12/h4-6,8-9H,2,7H2,1,3H3/b6-4-. The predicted molar refractivity (Wildman–Crippen MR) is 49.4 cm³/mol. The highest BCUT2D eigenvalue weighted by molar-refractivity contribution is 5.83. The summed E-state index contributed by atoms with van der Waals surface area (Å²) in [4.78, 5) is 13.3. The van der Waals surface area contributed by atoms with Gasteiger partial charge in [0.1, 0.15) is 0 Å². The molecule has 1 aliphatic rings. The summed E-state index contributed by atoms with van der Waals surface area (Å²) in [5, 5.41) is 0. The second-order valence-corrected chi connectivity index (χ2v) is 3.15. The lowest BCUT2D eigenvalue weighted by Crippen LogP contribution is -2.25. The largest absolute Gasteiger partial charge is 0.316 e. The Morgan fingerprint density at radius 3 is 2.75 bits per heavy atom. The summed E-state index contributed by atoms with van der Waals surface area (Å²) in [5.41, 5.74) is 0. The molecule has 0 radical (unpaired) electrons. The van der Waals surface area contributed by atoms with Crippen molar-refractivity contribution in [1.29, 1.82) is 0 Å². The van der Waals surface area contributed by atoms with Crippen LogP contribution >= 0.6 is 0 Å². The monoisotopic (exact) mass is 165 g/mol. The van der Waals surface area contributed by atoms with Gasteiger partial charge in [0, 0.05) is 6.04 Å². The van der Waals surface area contributed by atoms with E-state index in [0.29, 0.717) is 6.04 Å². The molecule has 0 aromatic rings. The smallest absolute Gasteiger partial charge is 0.233 e. The second kappa shape index (κ2) is 3.57. The molecule has 2 heteroatoms. The summed E-state index contributed by atoms with van der Waals surface area (Å²) in [7, 11) is 0. The number of nitrogens with zero attached hydrogens (tertiary/aromatic N) is 1. The van der Waals surface area contributed by atoms with Crippen molar-refractivity contribution in [3.63, 3.8) is 0 Å². The fraction of sp³-hybridized carbons (Fsp3) is 0.500. The maximum atomic E-state index is 11.5. The van der Waals surface area contributed by atoms with Gasteiger partial charge in [-0.15, -0.1) is 0 Å². The van der Waals surface area contributed by atoms with E-state index in [0.717, 1.165) is 6.42 Å². The fourth-order valence-corrected chi connectivity index (χ4v) is 1.65. The highest BCUT2D eigenvalue weighted by Gasteiger charge is 2.33. The maximum Gasteiger partial charge on any atom is 0.233 e. The Bertz CT molecular complexity index is 220. The Labute approximate surface area is 73.6 Å². The molecule has 2 atom stereocenters. The zero-order valence-electron chi connectivity index (χ0n) is 7.66. The molecule has 1 rings (SSSR count). The Morgan fingerprint density at radius 1 is 1.67 bits per heavy atom. The summed E-state index contributed by atoms with van der Waals surface area (Å²) in [6.07, 6.45) is 6.43. The van der Waals surface area contributed by atoms with Crippen molar-refractivity contribution >= 4 is 5.91 Å². The van der Waals surface area contributed by atoms with E-state index in [1.165, 1.54) is 0 Å². The van der Waals surface area contributed by atoms with Crippen LogP contribution in [-0.2, 0) is 4.79 Å². The van der Waals surface area contributed by atoms with Crippen LogP contribution in [0, 0.1) is 5.92 Å². The lowest BCUT2D eigenvalue weighted by Gasteiger charge is -2.14. The van der Waals surface area contributed by atoms with Gasteiger partial charge in [0.15, 0.2) is 0 Å². The molecule has 0 saturated carbocycles. The maximum absolute atomic E-state index is 11.5. The third-order valence-electron chi connectivity index (χ3n) is 2.26. The molecule has 1 fully saturated rings. The Balaban J connectivity index is 2.74. The van der Waals surface area contributed by atoms with Crippen LogP contribution in [0.4, 0.5) is 0 Å². The number of likely N-dealkylation sites (tertiary alicyclic amines) is 1. The number of hydrogen-bond donors (Lipinski definition) is 0. The number of hydrogen-bond acceptors (Lipinski definition) is 1. The minimum absolute atomic E-state index is 0.0722. The molecule has 0 aromatic heterocycles. The molecule has 66 valence electrons. The molecule has 0 N–H and O–H groups in total. The van der Waals surface area contributed by atoms with Gasteiger partial charge in [-0.25, -0.2) is 0 Å². The minimum Gasteiger partial charge on any atom is -0.316 e. The van der Waals surface area contributed by atoms with Gasteiger partial charge in [0.2, 0.25) is 5.91 Å². The molecule has 1 amide bonds. The average Bonchev–Trinajstić information content (AvgIpc) is 2.29. The number of carbonyl (C=O) groups excluding carboxylic acids is 1. The first-order chi connectivity index (χ1) is 5.70. The van der Waals surface area contributed by atoms with E-state index in [1.807, 2.05) is 26.0 Å². The first kappa shape index (κ1) is 9.04. The zero-order valence-corrected chi connectivity index (χ0v) is 7.66. The molecule has 1 heterocycles. The van der Waals surface area contributed by atoms with Gasteiger partial charge in [0.25, 0.3) is 0 Å². The third kappa shape index (κ3) is 1.42. The first-order valence-electron chi connectivity index (χ1n) is 4.28. The highest BCUT2D eigenvalue weighted by atomic mass is 16.2. The van der Waals surface area contributed by atoms with E-state index < -0.39 is 0 Å². The van der Waals surface area contributed by atoms with Crippen molar-refractivity contribution in [1.82, 2.24) is 4.90 Å². The molecule has 12 heavy (non-hydrogen) atoms.